The first-order valence-corrected chi connectivity index (χ1v) is 5.27. The summed E-state index contributed by atoms with van der Waals surface area (Å²) < 4.78 is 1.36. The maximum absolute atomic E-state index is 11.5. The Balaban J connectivity index is 2.28. The van der Waals surface area contributed by atoms with Crippen LogP contribution in [-0.2, 0) is 6.54 Å². The van der Waals surface area contributed by atoms with Crippen molar-refractivity contribution in [2.45, 2.75) is 13.5 Å². The second kappa shape index (κ2) is 3.82. The molecule has 5 nitrogen and oxygen atoms in total. The summed E-state index contributed by atoms with van der Waals surface area (Å²) in [5, 5.41) is 6.34. The van der Waals surface area contributed by atoms with Crippen molar-refractivity contribution in [3.63, 3.8) is 0 Å². The van der Waals surface area contributed by atoms with Gasteiger partial charge in [0, 0.05) is 11.4 Å². The molecule has 2 N–H and O–H groups in total. The van der Waals surface area contributed by atoms with Crippen LogP contribution in [0.3, 0.4) is 0 Å². The smallest absolute Gasteiger partial charge is 0.267 e. The van der Waals surface area contributed by atoms with Crippen LogP contribution in [0.2, 0.25) is 0 Å². The highest BCUT2D eigenvalue weighted by Crippen LogP contribution is 2.11. The Kier molecular flexibility index (Phi) is 2.51. The van der Waals surface area contributed by atoms with Gasteiger partial charge in [0.1, 0.15) is 0 Å². The average Bonchev–Trinajstić information content (AvgIpc) is 2.56. The molecule has 0 bridgehead atoms. The van der Waals surface area contributed by atoms with Crippen molar-refractivity contribution in [1.29, 1.82) is 0 Å². The van der Waals surface area contributed by atoms with E-state index >= 15 is 0 Å². The first-order chi connectivity index (χ1) is 7.15. The Bertz CT molecular complexity index is 531. The van der Waals surface area contributed by atoms with Crippen molar-refractivity contribution in [3.05, 3.63) is 39.3 Å². The van der Waals surface area contributed by atoms with Gasteiger partial charge < -0.3 is 5.73 Å². The fourth-order valence-corrected chi connectivity index (χ4v) is 1.75. The summed E-state index contributed by atoms with van der Waals surface area (Å²) in [6, 6.07) is 1.54. The fourth-order valence-electron chi connectivity index (χ4n) is 1.19. The first kappa shape index (κ1) is 9.85. The van der Waals surface area contributed by atoms with Crippen LogP contribution >= 0.6 is 11.3 Å². The van der Waals surface area contributed by atoms with E-state index in [-0.39, 0.29) is 5.56 Å². The second-order valence-corrected chi connectivity index (χ2v) is 4.10. The normalized spacial score (nSPS) is 10.5. The Labute approximate surface area is 90.2 Å². The lowest BCUT2D eigenvalue weighted by Crippen LogP contribution is -2.22. The monoisotopic (exact) mass is 222 g/mol. The van der Waals surface area contributed by atoms with Crippen molar-refractivity contribution >= 4 is 16.5 Å². The zero-order chi connectivity index (χ0) is 10.8. The largest absolute Gasteiger partial charge is 0.375 e. The molecule has 0 fully saturated rings. The summed E-state index contributed by atoms with van der Waals surface area (Å²) in [7, 11) is 0. The van der Waals surface area contributed by atoms with Crippen molar-refractivity contribution < 1.29 is 0 Å². The third-order valence-corrected chi connectivity index (χ3v) is 2.61. The Morgan fingerprint density at radius 2 is 2.40 bits per heavy atom. The van der Waals surface area contributed by atoms with Gasteiger partial charge in [-0.05, 0) is 12.5 Å². The molecule has 0 aliphatic rings. The van der Waals surface area contributed by atoms with Gasteiger partial charge in [-0.15, -0.1) is 11.3 Å². The Hall–Kier alpha value is -1.69. The van der Waals surface area contributed by atoms with E-state index in [4.69, 9.17) is 5.73 Å². The molecule has 0 atom stereocenters. The molecule has 0 spiro atoms. The van der Waals surface area contributed by atoms with E-state index in [1.54, 1.807) is 12.3 Å². The van der Waals surface area contributed by atoms with E-state index in [9.17, 15) is 4.79 Å². The summed E-state index contributed by atoms with van der Waals surface area (Å²) >= 11 is 1.36. The van der Waals surface area contributed by atoms with Gasteiger partial charge >= 0.3 is 0 Å². The number of aryl methyl sites for hydroxylation is 1. The van der Waals surface area contributed by atoms with Gasteiger partial charge in [-0.2, -0.15) is 5.10 Å². The number of nitrogens with zero attached hydrogens (tertiary/aromatic N) is 3. The highest BCUT2D eigenvalue weighted by atomic mass is 32.1. The Morgan fingerprint density at radius 1 is 1.60 bits per heavy atom. The summed E-state index contributed by atoms with van der Waals surface area (Å²) in [5.74, 6) is 0. The van der Waals surface area contributed by atoms with E-state index in [0.29, 0.717) is 11.7 Å². The number of thiazole rings is 1. The molecular weight excluding hydrogens is 212 g/mol. The molecule has 0 saturated carbocycles. The van der Waals surface area contributed by atoms with Gasteiger partial charge in [0.2, 0.25) is 0 Å². The molecule has 0 unspecified atom stereocenters. The number of nitrogen functional groups attached to an aromatic ring is 1. The van der Waals surface area contributed by atoms with Crippen molar-refractivity contribution in [2.75, 3.05) is 5.73 Å². The van der Waals surface area contributed by atoms with Gasteiger partial charge in [-0.1, -0.05) is 0 Å². The lowest BCUT2D eigenvalue weighted by Gasteiger charge is -2.01. The van der Waals surface area contributed by atoms with Crippen molar-refractivity contribution in [3.8, 4) is 0 Å². The van der Waals surface area contributed by atoms with Gasteiger partial charge in [-0.25, -0.2) is 9.67 Å². The number of nitrogens with two attached hydrogens (primary N) is 1. The van der Waals surface area contributed by atoms with Crippen LogP contribution in [0.5, 0.6) is 0 Å². The Morgan fingerprint density at radius 3 is 3.00 bits per heavy atom. The highest BCUT2D eigenvalue weighted by molar-refractivity contribution is 7.13. The minimum Gasteiger partial charge on any atom is -0.375 e. The van der Waals surface area contributed by atoms with Crippen LogP contribution in [0.1, 0.15) is 11.3 Å². The SMILES string of the molecule is Cc1cnn(Cc2csc(N)n2)c(=O)c1. The summed E-state index contributed by atoms with van der Waals surface area (Å²) in [5.41, 5.74) is 6.99. The van der Waals surface area contributed by atoms with Gasteiger partial charge in [0.05, 0.1) is 18.4 Å². The number of hydrogen-bond donors (Lipinski definition) is 1. The van der Waals surface area contributed by atoms with E-state index in [1.807, 2.05) is 12.3 Å². The number of hydrogen-bond acceptors (Lipinski definition) is 5. The molecule has 2 heterocycles. The molecule has 0 saturated heterocycles. The molecule has 15 heavy (non-hydrogen) atoms. The quantitative estimate of drug-likeness (QED) is 0.809. The molecule has 6 heteroatoms. The average molecular weight is 222 g/mol. The van der Waals surface area contributed by atoms with Crippen LogP contribution in [0.15, 0.2) is 22.4 Å². The minimum absolute atomic E-state index is 0.124. The topological polar surface area (TPSA) is 73.8 Å². The third kappa shape index (κ3) is 2.21. The van der Waals surface area contributed by atoms with Crippen LogP contribution in [0.25, 0.3) is 0 Å². The van der Waals surface area contributed by atoms with Crippen LogP contribution in [-0.4, -0.2) is 14.8 Å². The lowest BCUT2D eigenvalue weighted by molar-refractivity contribution is 0.628. The first-order valence-electron chi connectivity index (χ1n) is 4.39. The molecule has 2 aromatic rings. The van der Waals surface area contributed by atoms with E-state index in [0.717, 1.165) is 11.3 Å². The predicted octanol–water partition coefficient (Wildman–Crippen LogP) is 0.639. The molecule has 2 rings (SSSR count). The van der Waals surface area contributed by atoms with E-state index < -0.39 is 0 Å². The van der Waals surface area contributed by atoms with Gasteiger partial charge in [0.15, 0.2) is 5.13 Å². The molecule has 0 aliphatic carbocycles. The third-order valence-electron chi connectivity index (χ3n) is 1.89. The van der Waals surface area contributed by atoms with Crippen molar-refractivity contribution in [1.82, 2.24) is 14.8 Å². The van der Waals surface area contributed by atoms with Crippen LogP contribution in [0, 0.1) is 6.92 Å². The molecule has 0 aromatic carbocycles. The predicted molar refractivity (Wildman–Crippen MR) is 58.9 cm³/mol. The zero-order valence-electron chi connectivity index (χ0n) is 8.17. The van der Waals surface area contributed by atoms with E-state index in [2.05, 4.69) is 10.1 Å². The highest BCUT2D eigenvalue weighted by Gasteiger charge is 2.02. The van der Waals surface area contributed by atoms with Crippen molar-refractivity contribution in [2.24, 2.45) is 0 Å². The minimum atomic E-state index is -0.124. The maximum atomic E-state index is 11.5. The molecule has 78 valence electrons. The van der Waals surface area contributed by atoms with Gasteiger partial charge in [-0.3, -0.25) is 4.79 Å². The van der Waals surface area contributed by atoms with E-state index in [1.165, 1.54) is 16.0 Å². The maximum Gasteiger partial charge on any atom is 0.267 e. The van der Waals surface area contributed by atoms with Gasteiger partial charge in [0.25, 0.3) is 5.56 Å². The standard InChI is InChI=1S/C9H10N4OS/c1-6-2-8(14)13(11-3-6)4-7-5-15-9(10)12-7/h2-3,5H,4H2,1H3,(H2,10,12). The second-order valence-electron chi connectivity index (χ2n) is 3.21. The summed E-state index contributed by atoms with van der Waals surface area (Å²) in [6.45, 7) is 2.20. The van der Waals surface area contributed by atoms with Crippen LogP contribution in [0.4, 0.5) is 5.13 Å². The molecular formula is C9H10N4OS. The summed E-state index contributed by atoms with van der Waals surface area (Å²) in [4.78, 5) is 15.6. The number of aromatic nitrogens is 3. The molecule has 0 radical (unpaired) electrons. The van der Waals surface area contributed by atoms with Crippen LogP contribution < -0.4 is 11.3 Å². The number of anilines is 1. The zero-order valence-corrected chi connectivity index (χ0v) is 8.99. The molecule has 2 aromatic heterocycles. The fraction of sp³-hybridized carbons (Fsp3) is 0.222. The lowest BCUT2D eigenvalue weighted by atomic mass is 10.3. The molecule has 0 amide bonds. The molecule has 0 aliphatic heterocycles. The summed E-state index contributed by atoms with van der Waals surface area (Å²) in [6.07, 6.45) is 1.65. The number of rotatable bonds is 2.